The third kappa shape index (κ3) is 6.56. The van der Waals surface area contributed by atoms with Crippen LogP contribution >= 0.6 is 0 Å². The second-order valence-electron chi connectivity index (χ2n) is 10.0. The Labute approximate surface area is 219 Å². The Bertz CT molecular complexity index is 1170. The van der Waals surface area contributed by atoms with Gasteiger partial charge in [0.15, 0.2) is 0 Å². The van der Waals surface area contributed by atoms with Gasteiger partial charge in [-0.2, -0.15) is 0 Å². The number of aliphatic imine (C=N–C) groups is 1. The number of nitrogens with two attached hydrogens (primary N) is 1. The summed E-state index contributed by atoms with van der Waals surface area (Å²) in [4.78, 5) is 39.4. The highest BCUT2D eigenvalue weighted by Gasteiger charge is 2.22. The number of hydrogen-bond donors (Lipinski definition) is 2. The Morgan fingerprint density at radius 1 is 1.11 bits per heavy atom. The van der Waals surface area contributed by atoms with Crippen LogP contribution in [0.4, 0.5) is 17.2 Å². The number of pyridine rings is 1. The van der Waals surface area contributed by atoms with E-state index >= 15 is 0 Å². The zero-order chi connectivity index (χ0) is 26.4. The zero-order valence-electron chi connectivity index (χ0n) is 22.2. The van der Waals surface area contributed by atoms with Gasteiger partial charge in [0.25, 0.3) is 5.91 Å². The number of carbonyl (C=O) groups excluding carboxylic acids is 2. The van der Waals surface area contributed by atoms with Crippen LogP contribution in [0.25, 0.3) is 6.08 Å². The standard InChI is InChI=1S/C29H38N6O2/c1-4-12-35(13-5-2)29(37)23-16-21-6-7-22(17-25(21)33-26(30)18-23)28(36)32-24-8-9-27(31-19-24)34-14-10-20(3)11-15-34/h6-9,16-17,19-20H,4-5,10-15,18H2,1-3H3,(H2,30,33)(H,32,36). The highest BCUT2D eigenvalue weighted by Crippen LogP contribution is 2.29. The van der Waals surface area contributed by atoms with E-state index in [1.807, 2.05) is 29.2 Å². The van der Waals surface area contributed by atoms with Crippen molar-refractivity contribution in [1.82, 2.24) is 9.88 Å². The summed E-state index contributed by atoms with van der Waals surface area (Å²) in [6.07, 6.45) is 7.97. The molecule has 196 valence electrons. The van der Waals surface area contributed by atoms with E-state index in [2.05, 4.69) is 41.0 Å². The molecule has 1 fully saturated rings. The normalized spacial score (nSPS) is 15.8. The van der Waals surface area contributed by atoms with E-state index in [-0.39, 0.29) is 18.2 Å². The van der Waals surface area contributed by atoms with Crippen LogP contribution < -0.4 is 16.0 Å². The number of hydrogen-bond acceptors (Lipinski definition) is 6. The fraction of sp³-hybridized carbons (Fsp3) is 0.448. The molecule has 1 aromatic heterocycles. The maximum Gasteiger partial charge on any atom is 0.255 e. The monoisotopic (exact) mass is 502 g/mol. The number of fused-ring (bicyclic) bond motifs is 1. The summed E-state index contributed by atoms with van der Waals surface area (Å²) in [6, 6.07) is 9.13. The third-order valence-corrected chi connectivity index (χ3v) is 6.92. The van der Waals surface area contributed by atoms with Gasteiger partial charge in [-0.05, 0) is 61.9 Å². The Balaban J connectivity index is 1.48. The van der Waals surface area contributed by atoms with E-state index in [0.717, 1.165) is 43.2 Å². The molecule has 2 aliphatic heterocycles. The lowest BCUT2D eigenvalue weighted by molar-refractivity contribution is -0.127. The SMILES string of the molecule is CCCN(CCC)C(=O)C1=Cc2ccc(C(=O)Nc3ccc(N4CCC(C)CC4)nc3)cc2N=C(N)C1. The molecule has 2 aliphatic rings. The number of nitrogens with zero attached hydrogens (tertiary/aromatic N) is 4. The average Bonchev–Trinajstić information content (AvgIpc) is 3.06. The lowest BCUT2D eigenvalue weighted by atomic mass is 9.99. The molecule has 3 N–H and O–H groups in total. The van der Waals surface area contributed by atoms with E-state index in [1.54, 1.807) is 18.3 Å². The van der Waals surface area contributed by atoms with Crippen LogP contribution in [-0.2, 0) is 4.79 Å². The number of amides is 2. The first-order valence-corrected chi connectivity index (χ1v) is 13.4. The molecule has 37 heavy (non-hydrogen) atoms. The van der Waals surface area contributed by atoms with Crippen LogP contribution in [0, 0.1) is 5.92 Å². The highest BCUT2D eigenvalue weighted by atomic mass is 16.2. The number of rotatable bonds is 8. The number of carbonyl (C=O) groups is 2. The topological polar surface area (TPSA) is 104 Å². The first kappa shape index (κ1) is 26.4. The van der Waals surface area contributed by atoms with Gasteiger partial charge >= 0.3 is 0 Å². The molecule has 8 nitrogen and oxygen atoms in total. The summed E-state index contributed by atoms with van der Waals surface area (Å²) in [5.41, 5.74) is 9.26. The van der Waals surface area contributed by atoms with Crippen molar-refractivity contribution in [2.75, 3.05) is 36.4 Å². The van der Waals surface area contributed by atoms with Crippen molar-refractivity contribution in [2.45, 2.75) is 52.9 Å². The molecule has 0 spiro atoms. The third-order valence-electron chi connectivity index (χ3n) is 6.92. The minimum absolute atomic E-state index is 0.00784. The van der Waals surface area contributed by atoms with Crippen LogP contribution in [0.15, 0.2) is 47.1 Å². The number of nitrogens with one attached hydrogen (secondary N) is 1. The molecule has 0 unspecified atom stereocenters. The first-order valence-electron chi connectivity index (χ1n) is 13.4. The molecule has 0 radical (unpaired) electrons. The van der Waals surface area contributed by atoms with Crippen molar-refractivity contribution in [3.63, 3.8) is 0 Å². The fourth-order valence-corrected chi connectivity index (χ4v) is 4.82. The maximum absolute atomic E-state index is 13.2. The Morgan fingerprint density at radius 2 is 1.84 bits per heavy atom. The quantitative estimate of drug-likeness (QED) is 0.529. The minimum Gasteiger partial charge on any atom is -0.387 e. The van der Waals surface area contributed by atoms with Gasteiger partial charge in [0.1, 0.15) is 11.7 Å². The molecule has 3 heterocycles. The molecule has 0 atom stereocenters. The minimum atomic E-state index is -0.250. The van der Waals surface area contributed by atoms with Gasteiger partial charge in [0.05, 0.1) is 17.6 Å². The first-order chi connectivity index (χ1) is 17.9. The van der Waals surface area contributed by atoms with E-state index in [4.69, 9.17) is 5.73 Å². The van der Waals surface area contributed by atoms with Gasteiger partial charge in [0.2, 0.25) is 5.91 Å². The smallest absolute Gasteiger partial charge is 0.255 e. The predicted molar refractivity (Wildman–Crippen MR) is 150 cm³/mol. The molecule has 2 aromatic rings. The van der Waals surface area contributed by atoms with Gasteiger partial charge in [-0.3, -0.25) is 9.59 Å². The van der Waals surface area contributed by atoms with Crippen molar-refractivity contribution in [3.05, 3.63) is 53.2 Å². The zero-order valence-corrected chi connectivity index (χ0v) is 22.2. The van der Waals surface area contributed by atoms with Crippen LogP contribution in [-0.4, -0.2) is 53.7 Å². The van der Waals surface area contributed by atoms with Gasteiger partial charge < -0.3 is 20.9 Å². The van der Waals surface area contributed by atoms with E-state index < -0.39 is 0 Å². The Hall–Kier alpha value is -3.68. The lowest BCUT2D eigenvalue weighted by Gasteiger charge is -2.31. The lowest BCUT2D eigenvalue weighted by Crippen LogP contribution is -2.34. The van der Waals surface area contributed by atoms with Crippen LogP contribution in [0.3, 0.4) is 0 Å². The van der Waals surface area contributed by atoms with Crippen molar-refractivity contribution in [2.24, 2.45) is 16.6 Å². The maximum atomic E-state index is 13.2. The molecule has 1 saturated heterocycles. The molecule has 2 amide bonds. The van der Waals surface area contributed by atoms with Gasteiger partial charge in [0, 0.05) is 49.3 Å². The molecule has 8 heteroatoms. The van der Waals surface area contributed by atoms with Crippen molar-refractivity contribution in [1.29, 1.82) is 0 Å². The van der Waals surface area contributed by atoms with Crippen molar-refractivity contribution >= 4 is 40.9 Å². The van der Waals surface area contributed by atoms with Gasteiger partial charge in [-0.25, -0.2) is 9.98 Å². The van der Waals surface area contributed by atoms with Crippen LogP contribution in [0.1, 0.15) is 68.8 Å². The molecular weight excluding hydrogens is 464 g/mol. The second-order valence-corrected chi connectivity index (χ2v) is 10.0. The molecule has 0 aliphatic carbocycles. The van der Waals surface area contributed by atoms with Crippen LogP contribution in [0.2, 0.25) is 0 Å². The molecule has 1 aromatic carbocycles. The van der Waals surface area contributed by atoms with Crippen molar-refractivity contribution < 1.29 is 9.59 Å². The van der Waals surface area contributed by atoms with E-state index in [0.29, 0.717) is 41.4 Å². The van der Waals surface area contributed by atoms with E-state index in [1.165, 1.54) is 12.8 Å². The highest BCUT2D eigenvalue weighted by molar-refractivity contribution is 6.07. The van der Waals surface area contributed by atoms with E-state index in [9.17, 15) is 9.59 Å². The second kappa shape index (κ2) is 12.0. The summed E-state index contributed by atoms with van der Waals surface area (Å²) in [5.74, 6) is 1.80. The predicted octanol–water partition coefficient (Wildman–Crippen LogP) is 4.99. The number of benzene rings is 1. The largest absolute Gasteiger partial charge is 0.387 e. The summed E-state index contributed by atoms with van der Waals surface area (Å²) >= 11 is 0. The number of anilines is 2. The number of aromatic nitrogens is 1. The average molecular weight is 503 g/mol. The molecule has 0 saturated carbocycles. The van der Waals surface area contributed by atoms with Gasteiger partial charge in [-0.15, -0.1) is 0 Å². The fourth-order valence-electron chi connectivity index (χ4n) is 4.82. The Kier molecular flexibility index (Phi) is 8.58. The van der Waals surface area contributed by atoms with Crippen LogP contribution in [0.5, 0.6) is 0 Å². The summed E-state index contributed by atoms with van der Waals surface area (Å²) in [6.45, 7) is 9.85. The summed E-state index contributed by atoms with van der Waals surface area (Å²) in [5, 5.41) is 2.92. The molecule has 0 bridgehead atoms. The van der Waals surface area contributed by atoms with Gasteiger partial charge in [-0.1, -0.05) is 26.8 Å². The summed E-state index contributed by atoms with van der Waals surface area (Å²) in [7, 11) is 0. The number of amidine groups is 1. The Morgan fingerprint density at radius 3 is 2.49 bits per heavy atom. The van der Waals surface area contributed by atoms with Crippen molar-refractivity contribution in [3.8, 4) is 0 Å². The number of piperidine rings is 1. The summed E-state index contributed by atoms with van der Waals surface area (Å²) < 4.78 is 0. The molecular formula is C29H38N6O2. The molecule has 4 rings (SSSR count).